The molecule has 1 atom stereocenters. The molecule has 82 valence electrons. The van der Waals surface area contributed by atoms with E-state index in [1.54, 1.807) is 0 Å². The number of amides is 2. The predicted octanol–water partition coefficient (Wildman–Crippen LogP) is 2.85. The number of nitrogens with one attached hydrogen (secondary N) is 2. The van der Waals surface area contributed by atoms with Crippen molar-refractivity contribution in [3.63, 3.8) is 0 Å². The summed E-state index contributed by atoms with van der Waals surface area (Å²) in [5.41, 5.74) is 0.819. The minimum Gasteiger partial charge on any atom is -0.338 e. The maximum atomic E-state index is 11.4. The molecule has 3 heteroatoms. The number of para-hydroxylation sites is 1. The molecule has 0 saturated heterocycles. The molecule has 0 bridgehead atoms. The maximum Gasteiger partial charge on any atom is 0.319 e. The SMILES string of the molecule is CCC(C)CNC(=O)Nc1ccccc1. The van der Waals surface area contributed by atoms with Crippen molar-refractivity contribution in [3.05, 3.63) is 30.3 Å². The Labute approximate surface area is 90.9 Å². The van der Waals surface area contributed by atoms with Gasteiger partial charge in [-0.3, -0.25) is 0 Å². The first-order chi connectivity index (χ1) is 7.22. The van der Waals surface area contributed by atoms with Gasteiger partial charge in [0.1, 0.15) is 0 Å². The Balaban J connectivity index is 2.31. The van der Waals surface area contributed by atoms with Gasteiger partial charge in [0.05, 0.1) is 0 Å². The lowest BCUT2D eigenvalue weighted by Crippen LogP contribution is -2.32. The Morgan fingerprint density at radius 3 is 2.60 bits per heavy atom. The molecular weight excluding hydrogens is 188 g/mol. The van der Waals surface area contributed by atoms with Gasteiger partial charge in [0.25, 0.3) is 0 Å². The highest BCUT2D eigenvalue weighted by atomic mass is 16.2. The van der Waals surface area contributed by atoms with E-state index in [2.05, 4.69) is 24.5 Å². The van der Waals surface area contributed by atoms with Gasteiger partial charge in [-0.15, -0.1) is 0 Å². The summed E-state index contributed by atoms with van der Waals surface area (Å²) in [4.78, 5) is 11.4. The third kappa shape index (κ3) is 4.49. The van der Waals surface area contributed by atoms with Crippen LogP contribution in [0.15, 0.2) is 30.3 Å². The molecule has 0 aromatic heterocycles. The van der Waals surface area contributed by atoms with Gasteiger partial charge in [-0.25, -0.2) is 4.79 Å². The van der Waals surface area contributed by atoms with Gasteiger partial charge in [0, 0.05) is 12.2 Å². The average molecular weight is 206 g/mol. The van der Waals surface area contributed by atoms with E-state index in [1.807, 2.05) is 30.3 Å². The lowest BCUT2D eigenvalue weighted by molar-refractivity contribution is 0.250. The summed E-state index contributed by atoms with van der Waals surface area (Å²) in [5.74, 6) is 0.520. The highest BCUT2D eigenvalue weighted by molar-refractivity contribution is 5.89. The smallest absolute Gasteiger partial charge is 0.319 e. The van der Waals surface area contributed by atoms with E-state index in [0.717, 1.165) is 18.7 Å². The molecule has 0 aliphatic heterocycles. The van der Waals surface area contributed by atoms with Crippen molar-refractivity contribution >= 4 is 11.7 Å². The number of hydrogen-bond donors (Lipinski definition) is 2. The Morgan fingerprint density at radius 1 is 1.33 bits per heavy atom. The van der Waals surface area contributed by atoms with Gasteiger partial charge >= 0.3 is 6.03 Å². The highest BCUT2D eigenvalue weighted by Gasteiger charge is 2.03. The fourth-order valence-corrected chi connectivity index (χ4v) is 1.11. The molecule has 0 aliphatic rings. The van der Waals surface area contributed by atoms with Gasteiger partial charge in [-0.2, -0.15) is 0 Å². The largest absolute Gasteiger partial charge is 0.338 e. The van der Waals surface area contributed by atoms with Crippen LogP contribution in [0.5, 0.6) is 0 Å². The molecule has 1 unspecified atom stereocenters. The number of urea groups is 1. The number of anilines is 1. The third-order valence-corrected chi connectivity index (χ3v) is 2.34. The number of benzene rings is 1. The molecule has 1 aromatic carbocycles. The van der Waals surface area contributed by atoms with Gasteiger partial charge in [0.2, 0.25) is 0 Å². The normalized spacial score (nSPS) is 11.9. The lowest BCUT2D eigenvalue weighted by Gasteiger charge is -2.11. The summed E-state index contributed by atoms with van der Waals surface area (Å²) in [6, 6.07) is 9.30. The van der Waals surface area contributed by atoms with E-state index in [1.165, 1.54) is 0 Å². The molecular formula is C12H18N2O. The summed E-state index contributed by atoms with van der Waals surface area (Å²) >= 11 is 0. The predicted molar refractivity (Wildman–Crippen MR) is 62.9 cm³/mol. The molecule has 0 fully saturated rings. The number of rotatable bonds is 4. The van der Waals surface area contributed by atoms with Crippen LogP contribution in [0.1, 0.15) is 20.3 Å². The summed E-state index contributed by atoms with van der Waals surface area (Å²) in [6.45, 7) is 4.94. The first-order valence-corrected chi connectivity index (χ1v) is 5.32. The van der Waals surface area contributed by atoms with Crippen molar-refractivity contribution < 1.29 is 4.79 Å². The van der Waals surface area contributed by atoms with Gasteiger partial charge in [-0.1, -0.05) is 38.5 Å². The van der Waals surface area contributed by atoms with E-state index in [4.69, 9.17) is 0 Å². The van der Waals surface area contributed by atoms with E-state index < -0.39 is 0 Å². The third-order valence-electron chi connectivity index (χ3n) is 2.34. The van der Waals surface area contributed by atoms with E-state index in [9.17, 15) is 4.79 Å². The van der Waals surface area contributed by atoms with Gasteiger partial charge in [0.15, 0.2) is 0 Å². The minimum absolute atomic E-state index is 0.137. The molecule has 1 aromatic rings. The van der Waals surface area contributed by atoms with E-state index in [-0.39, 0.29) is 6.03 Å². The summed E-state index contributed by atoms with van der Waals surface area (Å²) in [5, 5.41) is 5.60. The van der Waals surface area contributed by atoms with Crippen molar-refractivity contribution in [1.82, 2.24) is 5.32 Å². The minimum atomic E-state index is -0.137. The molecule has 15 heavy (non-hydrogen) atoms. The fourth-order valence-electron chi connectivity index (χ4n) is 1.11. The van der Waals surface area contributed by atoms with Crippen LogP contribution in [-0.2, 0) is 0 Å². The van der Waals surface area contributed by atoms with E-state index in [0.29, 0.717) is 5.92 Å². The molecule has 0 aliphatic carbocycles. The van der Waals surface area contributed by atoms with Crippen LogP contribution in [0.25, 0.3) is 0 Å². The Hall–Kier alpha value is -1.51. The lowest BCUT2D eigenvalue weighted by atomic mass is 10.1. The molecule has 1 rings (SSSR count). The highest BCUT2D eigenvalue weighted by Crippen LogP contribution is 2.04. The molecule has 3 nitrogen and oxygen atoms in total. The topological polar surface area (TPSA) is 41.1 Å². The second kappa shape index (κ2) is 6.06. The van der Waals surface area contributed by atoms with Crippen LogP contribution in [-0.4, -0.2) is 12.6 Å². The first-order valence-electron chi connectivity index (χ1n) is 5.32. The zero-order valence-corrected chi connectivity index (χ0v) is 9.29. The Kier molecular flexibility index (Phi) is 4.68. The van der Waals surface area contributed by atoms with Crippen LogP contribution >= 0.6 is 0 Å². The summed E-state index contributed by atoms with van der Waals surface area (Å²) in [7, 11) is 0. The first kappa shape index (κ1) is 11.6. The number of carbonyl (C=O) groups is 1. The second-order valence-electron chi connectivity index (χ2n) is 3.71. The standard InChI is InChI=1S/C12H18N2O/c1-3-10(2)9-13-12(15)14-11-7-5-4-6-8-11/h4-8,10H,3,9H2,1-2H3,(H2,13,14,15). The van der Waals surface area contributed by atoms with Crippen molar-refractivity contribution in [2.75, 3.05) is 11.9 Å². The average Bonchev–Trinajstić information content (AvgIpc) is 2.27. The molecule has 0 radical (unpaired) electrons. The summed E-state index contributed by atoms with van der Waals surface area (Å²) < 4.78 is 0. The second-order valence-corrected chi connectivity index (χ2v) is 3.71. The van der Waals surface area contributed by atoms with Gasteiger partial charge < -0.3 is 10.6 Å². The Bertz CT molecular complexity index is 298. The maximum absolute atomic E-state index is 11.4. The van der Waals surface area contributed by atoms with Crippen molar-refractivity contribution in [2.24, 2.45) is 5.92 Å². The zero-order valence-electron chi connectivity index (χ0n) is 9.29. The van der Waals surface area contributed by atoms with Crippen molar-refractivity contribution in [3.8, 4) is 0 Å². The quantitative estimate of drug-likeness (QED) is 0.781. The van der Waals surface area contributed by atoms with Crippen LogP contribution in [0.4, 0.5) is 10.5 Å². The monoisotopic (exact) mass is 206 g/mol. The Morgan fingerprint density at radius 2 is 2.00 bits per heavy atom. The molecule has 2 N–H and O–H groups in total. The van der Waals surface area contributed by atoms with Gasteiger partial charge in [-0.05, 0) is 18.1 Å². The van der Waals surface area contributed by atoms with Crippen LogP contribution in [0.2, 0.25) is 0 Å². The van der Waals surface area contributed by atoms with Crippen LogP contribution in [0.3, 0.4) is 0 Å². The molecule has 0 heterocycles. The zero-order chi connectivity index (χ0) is 11.1. The van der Waals surface area contributed by atoms with Crippen LogP contribution < -0.4 is 10.6 Å². The number of hydrogen-bond acceptors (Lipinski definition) is 1. The number of carbonyl (C=O) groups excluding carboxylic acids is 1. The molecule has 2 amide bonds. The molecule has 0 spiro atoms. The van der Waals surface area contributed by atoms with Crippen molar-refractivity contribution in [2.45, 2.75) is 20.3 Å². The van der Waals surface area contributed by atoms with Crippen LogP contribution in [0, 0.1) is 5.92 Å². The summed E-state index contributed by atoms with van der Waals surface area (Å²) in [6.07, 6.45) is 1.08. The van der Waals surface area contributed by atoms with E-state index >= 15 is 0 Å². The van der Waals surface area contributed by atoms with Crippen molar-refractivity contribution in [1.29, 1.82) is 0 Å². The fraction of sp³-hybridized carbons (Fsp3) is 0.417. The molecule has 0 saturated carbocycles.